The minimum absolute atomic E-state index is 0.0706. The van der Waals surface area contributed by atoms with Crippen LogP contribution in [0.4, 0.5) is 0 Å². The van der Waals surface area contributed by atoms with Crippen LogP contribution in [0.25, 0.3) is 0 Å². The Morgan fingerprint density at radius 2 is 1.45 bits per heavy atom. The highest BCUT2D eigenvalue weighted by Gasteiger charge is 2.56. The zero-order chi connectivity index (χ0) is 22.3. The van der Waals surface area contributed by atoms with Gasteiger partial charge in [0.2, 0.25) is 0 Å². The Labute approximate surface area is 187 Å². The predicted octanol–water partition coefficient (Wildman–Crippen LogP) is 3.31. The second-order valence-corrected chi connectivity index (χ2v) is 9.21. The third-order valence-corrected chi connectivity index (χ3v) is 6.47. The van der Waals surface area contributed by atoms with Crippen LogP contribution in [-0.2, 0) is 27.1 Å². The monoisotopic (exact) mass is 426 g/mol. The van der Waals surface area contributed by atoms with Crippen molar-refractivity contribution >= 4 is 0 Å². The molecule has 0 bridgehead atoms. The molecule has 2 aromatic rings. The number of nitrogens with zero attached hydrogens (tertiary/aromatic N) is 1. The average molecular weight is 427 g/mol. The molecule has 1 aliphatic heterocycles. The van der Waals surface area contributed by atoms with Gasteiger partial charge in [0.15, 0.2) is 0 Å². The fraction of sp³-hybridized carbons (Fsp3) is 0.538. The molecular formula is C26H38N2O3. The maximum absolute atomic E-state index is 7.07. The lowest BCUT2D eigenvalue weighted by Gasteiger charge is -2.49. The molecule has 0 amide bonds. The van der Waals surface area contributed by atoms with Gasteiger partial charge in [-0.05, 0) is 37.8 Å². The van der Waals surface area contributed by atoms with Crippen LogP contribution in [0.15, 0.2) is 60.7 Å². The second-order valence-electron chi connectivity index (χ2n) is 9.21. The van der Waals surface area contributed by atoms with Crippen LogP contribution in [0.1, 0.15) is 25.0 Å². The molecule has 5 nitrogen and oxygen atoms in total. The first kappa shape index (κ1) is 23.9. The van der Waals surface area contributed by atoms with Crippen LogP contribution in [0, 0.1) is 0 Å². The van der Waals surface area contributed by atoms with Crippen LogP contribution >= 0.6 is 0 Å². The first-order valence-electron chi connectivity index (χ1n) is 11.1. The van der Waals surface area contributed by atoms with Crippen LogP contribution < -0.4 is 5.73 Å². The summed E-state index contributed by atoms with van der Waals surface area (Å²) in [6, 6.07) is 21.1. The molecule has 0 aliphatic carbocycles. The van der Waals surface area contributed by atoms with Crippen molar-refractivity contribution in [2.75, 3.05) is 40.6 Å². The lowest BCUT2D eigenvalue weighted by atomic mass is 9.77. The molecule has 2 unspecified atom stereocenters. The van der Waals surface area contributed by atoms with Gasteiger partial charge in [0.1, 0.15) is 0 Å². The van der Waals surface area contributed by atoms with E-state index < -0.39 is 0 Å². The second kappa shape index (κ2) is 10.7. The van der Waals surface area contributed by atoms with Crippen LogP contribution in [0.5, 0.6) is 0 Å². The van der Waals surface area contributed by atoms with Gasteiger partial charge in [-0.3, -0.25) is 4.90 Å². The Morgan fingerprint density at radius 3 is 1.94 bits per heavy atom. The lowest BCUT2D eigenvalue weighted by molar-refractivity contribution is -0.0242. The quantitative estimate of drug-likeness (QED) is 0.559. The molecule has 0 radical (unpaired) electrons. The van der Waals surface area contributed by atoms with E-state index in [1.54, 1.807) is 14.2 Å². The van der Waals surface area contributed by atoms with E-state index in [2.05, 4.69) is 79.4 Å². The van der Waals surface area contributed by atoms with E-state index in [1.165, 1.54) is 11.1 Å². The van der Waals surface area contributed by atoms with E-state index in [0.29, 0.717) is 19.8 Å². The summed E-state index contributed by atoms with van der Waals surface area (Å²) in [5, 5.41) is 0. The van der Waals surface area contributed by atoms with Crippen molar-refractivity contribution < 1.29 is 14.2 Å². The standard InChI is InChI=1S/C26H38N2O3/c1-25(2,20-30-4)28-19-23(31-16-15-29-3)24(27)26(28,17-21-11-7-5-8-12-21)18-22-13-9-6-10-14-22/h5-14,23-24H,15-20,27H2,1-4H3. The largest absolute Gasteiger partial charge is 0.383 e. The number of methoxy groups -OCH3 is 2. The van der Waals surface area contributed by atoms with E-state index in [1.807, 2.05) is 0 Å². The molecule has 0 aromatic heterocycles. The van der Waals surface area contributed by atoms with Crippen molar-refractivity contribution in [1.82, 2.24) is 4.90 Å². The van der Waals surface area contributed by atoms with E-state index in [4.69, 9.17) is 19.9 Å². The third kappa shape index (κ3) is 5.54. The Bertz CT molecular complexity index is 740. The van der Waals surface area contributed by atoms with Crippen LogP contribution in [0.3, 0.4) is 0 Å². The number of hydrogen-bond donors (Lipinski definition) is 1. The molecule has 170 valence electrons. The normalized spacial score (nSPS) is 21.5. The molecule has 0 saturated carbocycles. The van der Waals surface area contributed by atoms with E-state index in [-0.39, 0.29) is 23.2 Å². The molecule has 2 aromatic carbocycles. The number of rotatable bonds is 11. The minimum Gasteiger partial charge on any atom is -0.383 e. The van der Waals surface area contributed by atoms with Crippen molar-refractivity contribution in [3.8, 4) is 0 Å². The van der Waals surface area contributed by atoms with Crippen molar-refractivity contribution in [1.29, 1.82) is 0 Å². The number of likely N-dealkylation sites (tertiary alicyclic amines) is 1. The summed E-state index contributed by atoms with van der Waals surface area (Å²) in [6.45, 7) is 6.98. The van der Waals surface area contributed by atoms with Gasteiger partial charge in [0.05, 0.1) is 32.0 Å². The maximum Gasteiger partial charge on any atom is 0.0872 e. The summed E-state index contributed by atoms with van der Waals surface area (Å²) < 4.78 is 17.1. The number of benzene rings is 2. The molecule has 3 rings (SSSR count). The Balaban J connectivity index is 2.04. The molecule has 2 atom stereocenters. The topological polar surface area (TPSA) is 57.0 Å². The van der Waals surface area contributed by atoms with E-state index >= 15 is 0 Å². The Morgan fingerprint density at radius 1 is 0.903 bits per heavy atom. The summed E-state index contributed by atoms with van der Waals surface area (Å²) in [6.07, 6.45) is 1.63. The van der Waals surface area contributed by atoms with Gasteiger partial charge in [-0.25, -0.2) is 0 Å². The molecule has 1 saturated heterocycles. The molecule has 1 aliphatic rings. The van der Waals surface area contributed by atoms with E-state index in [9.17, 15) is 0 Å². The predicted molar refractivity (Wildman–Crippen MR) is 125 cm³/mol. The summed E-state index contributed by atoms with van der Waals surface area (Å²) in [5.41, 5.74) is 9.13. The lowest BCUT2D eigenvalue weighted by Crippen LogP contribution is -2.64. The molecule has 5 heteroatoms. The number of hydrogen-bond acceptors (Lipinski definition) is 5. The van der Waals surface area contributed by atoms with Gasteiger partial charge < -0.3 is 19.9 Å². The minimum atomic E-state index is -0.303. The van der Waals surface area contributed by atoms with Gasteiger partial charge >= 0.3 is 0 Å². The fourth-order valence-electron chi connectivity index (χ4n) is 5.11. The van der Waals surface area contributed by atoms with E-state index in [0.717, 1.165) is 19.4 Å². The summed E-state index contributed by atoms with van der Waals surface area (Å²) in [4.78, 5) is 2.55. The molecule has 1 heterocycles. The van der Waals surface area contributed by atoms with Gasteiger partial charge in [-0.1, -0.05) is 60.7 Å². The Kier molecular flexibility index (Phi) is 8.25. The molecular weight excluding hydrogens is 388 g/mol. The average Bonchev–Trinajstić information content (AvgIpc) is 3.02. The first-order chi connectivity index (χ1) is 14.9. The van der Waals surface area contributed by atoms with Gasteiger partial charge in [0, 0.05) is 31.8 Å². The van der Waals surface area contributed by atoms with Gasteiger partial charge in [-0.15, -0.1) is 0 Å². The summed E-state index contributed by atoms with van der Waals surface area (Å²) in [7, 11) is 3.46. The zero-order valence-corrected chi connectivity index (χ0v) is 19.4. The molecule has 2 N–H and O–H groups in total. The summed E-state index contributed by atoms with van der Waals surface area (Å²) >= 11 is 0. The smallest absolute Gasteiger partial charge is 0.0872 e. The zero-order valence-electron chi connectivity index (χ0n) is 19.4. The van der Waals surface area contributed by atoms with Crippen molar-refractivity contribution in [3.63, 3.8) is 0 Å². The maximum atomic E-state index is 7.07. The SMILES string of the molecule is COCCOC1CN(C(C)(C)COC)C(Cc2ccccc2)(Cc2ccccc2)C1N. The van der Waals surface area contributed by atoms with Crippen molar-refractivity contribution in [2.24, 2.45) is 5.73 Å². The van der Waals surface area contributed by atoms with Crippen LogP contribution in [-0.4, -0.2) is 68.7 Å². The molecule has 0 spiro atoms. The number of ether oxygens (including phenoxy) is 3. The van der Waals surface area contributed by atoms with Gasteiger partial charge in [0.25, 0.3) is 0 Å². The van der Waals surface area contributed by atoms with Crippen molar-refractivity contribution in [3.05, 3.63) is 71.8 Å². The molecule has 1 fully saturated rings. The van der Waals surface area contributed by atoms with Crippen LogP contribution in [0.2, 0.25) is 0 Å². The Hall–Kier alpha value is -1.76. The highest BCUT2D eigenvalue weighted by Crippen LogP contribution is 2.41. The first-order valence-corrected chi connectivity index (χ1v) is 11.1. The third-order valence-electron chi connectivity index (χ3n) is 6.47. The fourth-order valence-corrected chi connectivity index (χ4v) is 5.11. The van der Waals surface area contributed by atoms with Gasteiger partial charge in [-0.2, -0.15) is 0 Å². The summed E-state index contributed by atoms with van der Waals surface area (Å²) in [5.74, 6) is 0. The van der Waals surface area contributed by atoms with Crippen molar-refractivity contribution in [2.45, 2.75) is 49.9 Å². The molecule has 31 heavy (non-hydrogen) atoms. The highest BCUT2D eigenvalue weighted by molar-refractivity contribution is 5.28. The number of nitrogens with two attached hydrogens (primary N) is 1. The highest BCUT2D eigenvalue weighted by atomic mass is 16.5.